The summed E-state index contributed by atoms with van der Waals surface area (Å²) in [5.41, 5.74) is -1.03. The van der Waals surface area contributed by atoms with Crippen LogP contribution in [0.4, 0.5) is 14.4 Å². The lowest BCUT2D eigenvalue weighted by Crippen LogP contribution is -2.56. The number of carbonyl (C=O) groups excluding carboxylic acids is 5. The molecule has 16 nitrogen and oxygen atoms in total. The number of fused-ring (bicyclic) bond motifs is 2. The number of urea groups is 1. The number of rotatable bonds is 14. The van der Waals surface area contributed by atoms with E-state index < -0.39 is 48.9 Å². The van der Waals surface area contributed by atoms with Crippen molar-refractivity contribution in [1.82, 2.24) is 19.7 Å². The van der Waals surface area contributed by atoms with Crippen molar-refractivity contribution >= 4 is 41.1 Å². The van der Waals surface area contributed by atoms with Crippen molar-refractivity contribution < 1.29 is 56.8 Å². The molecule has 0 bridgehead atoms. The summed E-state index contributed by atoms with van der Waals surface area (Å²) in [4.78, 5) is 74.8. The highest BCUT2D eigenvalue weighted by Crippen LogP contribution is 2.43. The van der Waals surface area contributed by atoms with Crippen LogP contribution in [0.3, 0.4) is 0 Å². The maximum absolute atomic E-state index is 14.5. The Morgan fingerprint density at radius 1 is 0.957 bits per heavy atom. The minimum absolute atomic E-state index is 0.0175. The molecule has 47 heavy (non-hydrogen) atoms. The first kappa shape index (κ1) is 33.2. The predicted octanol–water partition coefficient (Wildman–Crippen LogP) is 3.27. The maximum atomic E-state index is 14.5. The number of methoxy groups -OCH3 is 1. The molecular weight excluding hydrogens is 620 g/mol. The molecule has 0 aliphatic carbocycles. The quantitative estimate of drug-likeness (QED) is 0.141. The van der Waals surface area contributed by atoms with E-state index in [1.807, 2.05) is 0 Å². The Bertz CT molecular complexity index is 1630. The van der Waals surface area contributed by atoms with Crippen LogP contribution in [0.25, 0.3) is 11.0 Å². The van der Waals surface area contributed by atoms with Gasteiger partial charge in [0.15, 0.2) is 6.73 Å². The highest BCUT2D eigenvalue weighted by molar-refractivity contribution is 6.14. The average molecular weight is 655 g/mol. The summed E-state index contributed by atoms with van der Waals surface area (Å²) in [6.45, 7) is 2.62. The number of ether oxygens (including phenoxy) is 6. The lowest BCUT2D eigenvalue weighted by Gasteiger charge is -2.34. The van der Waals surface area contributed by atoms with Gasteiger partial charge in [-0.3, -0.25) is 14.6 Å². The molecule has 250 valence electrons. The highest BCUT2D eigenvalue weighted by atomic mass is 16.7. The lowest BCUT2D eigenvalue weighted by atomic mass is 9.93. The Kier molecular flexibility index (Phi) is 10.2. The van der Waals surface area contributed by atoms with Gasteiger partial charge in [-0.25, -0.2) is 24.2 Å². The lowest BCUT2D eigenvalue weighted by molar-refractivity contribution is -0.137. The van der Waals surface area contributed by atoms with E-state index in [1.54, 1.807) is 38.1 Å². The number of hydrogen-bond acceptors (Lipinski definition) is 13. The summed E-state index contributed by atoms with van der Waals surface area (Å²) in [6, 6.07) is 6.79. The molecule has 16 heteroatoms. The fraction of sp³-hybridized carbons (Fsp3) is 0.419. The molecule has 1 aromatic carbocycles. The Labute approximate surface area is 269 Å². The molecule has 0 spiro atoms. The van der Waals surface area contributed by atoms with Gasteiger partial charge >= 0.3 is 18.3 Å². The third-order valence-electron chi connectivity index (χ3n) is 7.55. The number of benzene rings is 1. The van der Waals surface area contributed by atoms with Crippen LogP contribution in [0.5, 0.6) is 5.75 Å². The molecule has 2 aromatic heterocycles. The monoisotopic (exact) mass is 654 g/mol. The standard InChI is InChI=1S/C31H34N4O12/c1-4-42-10-12-44-29(39)35-28(38)34(19-46-30(40)45-13-11-43-5-2)27(37)31(35,25-14-21-16-32-9-8-24(21)47-25)18-33-17-20-6-7-22(41-3)15-23(20)26(33)36/h6-9,14-16H,4-5,10-13,17-19H2,1-3H3. The van der Waals surface area contributed by atoms with E-state index in [0.717, 1.165) is 0 Å². The minimum atomic E-state index is -2.29. The maximum Gasteiger partial charge on any atom is 0.510 e. The highest BCUT2D eigenvalue weighted by Gasteiger charge is 2.65. The van der Waals surface area contributed by atoms with Crippen LogP contribution in [0.2, 0.25) is 0 Å². The number of hydrogen-bond donors (Lipinski definition) is 0. The number of aromatic nitrogens is 1. The van der Waals surface area contributed by atoms with Gasteiger partial charge in [-0.2, -0.15) is 0 Å². The van der Waals surface area contributed by atoms with Crippen LogP contribution in [-0.2, 0) is 40.6 Å². The Hall–Kier alpha value is -5.22. The van der Waals surface area contributed by atoms with Crippen molar-refractivity contribution in [2.75, 3.05) is 60.0 Å². The third kappa shape index (κ3) is 6.55. The number of carbonyl (C=O) groups is 5. The largest absolute Gasteiger partial charge is 0.510 e. The summed E-state index contributed by atoms with van der Waals surface area (Å²) in [7, 11) is 1.47. The molecule has 1 fully saturated rings. The van der Waals surface area contributed by atoms with Gasteiger partial charge in [-0.15, -0.1) is 0 Å². The molecule has 0 N–H and O–H groups in total. The SMILES string of the molecule is CCOCCOC(=O)OCN1C(=O)N(C(=O)OCCOCC)C(CN2Cc3ccc(OC)cc3C2=O)(c2cc3cnccc3o2)C1=O. The van der Waals surface area contributed by atoms with Gasteiger partial charge < -0.3 is 37.7 Å². The van der Waals surface area contributed by atoms with Crippen molar-refractivity contribution in [1.29, 1.82) is 0 Å². The van der Waals surface area contributed by atoms with Gasteiger partial charge in [-0.05, 0) is 43.7 Å². The van der Waals surface area contributed by atoms with Crippen LogP contribution in [0, 0.1) is 0 Å². The fourth-order valence-electron chi connectivity index (χ4n) is 5.31. The zero-order valence-electron chi connectivity index (χ0n) is 26.1. The van der Waals surface area contributed by atoms with Gasteiger partial charge in [0.25, 0.3) is 11.8 Å². The molecule has 2 aliphatic heterocycles. The van der Waals surface area contributed by atoms with Gasteiger partial charge in [0.1, 0.15) is 30.3 Å². The van der Waals surface area contributed by atoms with Crippen LogP contribution in [-0.4, -0.2) is 110 Å². The minimum Gasteiger partial charge on any atom is -0.497 e. The number of nitrogens with zero attached hydrogens (tertiary/aromatic N) is 4. The zero-order valence-corrected chi connectivity index (χ0v) is 26.1. The van der Waals surface area contributed by atoms with Crippen molar-refractivity contribution in [2.24, 2.45) is 0 Å². The van der Waals surface area contributed by atoms with Crippen molar-refractivity contribution in [3.63, 3.8) is 0 Å². The van der Waals surface area contributed by atoms with Crippen LogP contribution >= 0.6 is 0 Å². The zero-order chi connectivity index (χ0) is 33.6. The summed E-state index contributed by atoms with van der Waals surface area (Å²) >= 11 is 0. The van der Waals surface area contributed by atoms with Crippen LogP contribution < -0.4 is 4.74 Å². The normalized spacial score (nSPS) is 17.4. The summed E-state index contributed by atoms with van der Waals surface area (Å²) < 4.78 is 37.1. The van der Waals surface area contributed by atoms with E-state index in [9.17, 15) is 24.0 Å². The molecule has 5 rings (SSSR count). The molecule has 0 saturated carbocycles. The van der Waals surface area contributed by atoms with E-state index in [1.165, 1.54) is 30.5 Å². The second-order valence-corrected chi connectivity index (χ2v) is 10.3. The predicted molar refractivity (Wildman–Crippen MR) is 159 cm³/mol. The second kappa shape index (κ2) is 14.5. The number of furan rings is 1. The molecule has 3 aromatic rings. The van der Waals surface area contributed by atoms with E-state index in [-0.39, 0.29) is 38.7 Å². The molecule has 1 saturated heterocycles. The average Bonchev–Trinajstić information content (AvgIpc) is 3.71. The van der Waals surface area contributed by atoms with Gasteiger partial charge in [0, 0.05) is 43.1 Å². The van der Waals surface area contributed by atoms with Gasteiger partial charge in [-0.1, -0.05) is 6.07 Å². The number of amides is 5. The Morgan fingerprint density at radius 3 is 2.40 bits per heavy atom. The third-order valence-corrected chi connectivity index (χ3v) is 7.55. The van der Waals surface area contributed by atoms with E-state index in [0.29, 0.717) is 50.9 Å². The first-order valence-electron chi connectivity index (χ1n) is 14.8. The van der Waals surface area contributed by atoms with E-state index >= 15 is 0 Å². The Morgan fingerprint density at radius 2 is 1.70 bits per heavy atom. The molecule has 0 radical (unpaired) electrons. The topological polar surface area (TPSA) is 176 Å². The van der Waals surface area contributed by atoms with E-state index in [2.05, 4.69) is 4.98 Å². The summed E-state index contributed by atoms with van der Waals surface area (Å²) in [6.07, 6.45) is 0.552. The Balaban J connectivity index is 1.54. The van der Waals surface area contributed by atoms with Crippen molar-refractivity contribution in [2.45, 2.75) is 25.9 Å². The van der Waals surface area contributed by atoms with Gasteiger partial charge in [0.2, 0.25) is 5.54 Å². The molecule has 5 amide bonds. The van der Waals surface area contributed by atoms with Gasteiger partial charge in [0.05, 0.1) is 26.9 Å². The first-order valence-corrected chi connectivity index (χ1v) is 14.8. The molecule has 1 unspecified atom stereocenters. The molecule has 4 heterocycles. The van der Waals surface area contributed by atoms with Crippen molar-refractivity contribution in [3.05, 3.63) is 59.6 Å². The first-order chi connectivity index (χ1) is 22.7. The number of pyridine rings is 1. The number of imide groups is 2. The molecular formula is C31H34N4O12. The summed E-state index contributed by atoms with van der Waals surface area (Å²) in [5.74, 6) is -1.20. The van der Waals surface area contributed by atoms with E-state index in [4.69, 9.17) is 32.8 Å². The molecule has 1 atom stereocenters. The molecule has 2 aliphatic rings. The van der Waals surface area contributed by atoms with Crippen LogP contribution in [0.15, 0.2) is 47.1 Å². The van der Waals surface area contributed by atoms with Crippen LogP contribution in [0.1, 0.15) is 35.5 Å². The smallest absolute Gasteiger partial charge is 0.497 e. The summed E-state index contributed by atoms with van der Waals surface area (Å²) in [5, 5.41) is 0.458. The second-order valence-electron chi connectivity index (χ2n) is 10.3. The van der Waals surface area contributed by atoms with Crippen molar-refractivity contribution in [3.8, 4) is 5.75 Å². The fourth-order valence-corrected chi connectivity index (χ4v) is 5.31.